The zero-order chi connectivity index (χ0) is 11.0. The molecule has 0 bridgehead atoms. The highest BCUT2D eigenvalue weighted by Gasteiger charge is 2.07. The van der Waals surface area contributed by atoms with E-state index in [1.165, 1.54) is 0 Å². The first-order valence-electron chi connectivity index (χ1n) is 4.89. The van der Waals surface area contributed by atoms with Crippen LogP contribution in [0.1, 0.15) is 0 Å². The third kappa shape index (κ3) is 1.40. The molecule has 0 fully saturated rings. The van der Waals surface area contributed by atoms with E-state index in [0.29, 0.717) is 11.6 Å². The molecule has 0 saturated carbocycles. The van der Waals surface area contributed by atoms with Crippen LogP contribution in [0.2, 0.25) is 0 Å². The molecule has 0 unspecified atom stereocenters. The van der Waals surface area contributed by atoms with E-state index >= 15 is 0 Å². The Morgan fingerprint density at radius 1 is 1.12 bits per heavy atom. The summed E-state index contributed by atoms with van der Waals surface area (Å²) in [7, 11) is 0. The van der Waals surface area contributed by atoms with E-state index < -0.39 is 0 Å². The van der Waals surface area contributed by atoms with Crippen molar-refractivity contribution in [3.63, 3.8) is 0 Å². The molecule has 0 spiro atoms. The van der Waals surface area contributed by atoms with Gasteiger partial charge in [-0.15, -0.1) is 0 Å². The highest BCUT2D eigenvalue weighted by atomic mass is 16.3. The maximum Gasteiger partial charge on any atom is 0.228 e. The molecule has 2 heterocycles. The fourth-order valence-electron chi connectivity index (χ4n) is 1.57. The maximum absolute atomic E-state index is 5.66. The van der Waals surface area contributed by atoms with E-state index in [4.69, 9.17) is 10.2 Å². The predicted octanol–water partition coefficient (Wildman–Crippen LogP) is 2.47. The first kappa shape index (κ1) is 8.91. The molecule has 0 aliphatic rings. The molecule has 78 valence electrons. The smallest absolute Gasteiger partial charge is 0.228 e. The Labute approximate surface area is 91.7 Å². The molecule has 3 rings (SSSR count). The summed E-state index contributed by atoms with van der Waals surface area (Å²) in [5, 5.41) is 0. The standard InChI is InChI=1S/C12H9N3O/c13-9-5-8(6-14-7-9)12-15-10-3-1-2-4-11(10)16-12/h1-7H,13H2. The van der Waals surface area contributed by atoms with Crippen LogP contribution in [0.3, 0.4) is 0 Å². The summed E-state index contributed by atoms with van der Waals surface area (Å²) in [4.78, 5) is 8.37. The fourth-order valence-corrected chi connectivity index (χ4v) is 1.57. The minimum absolute atomic E-state index is 0.543. The van der Waals surface area contributed by atoms with Crippen LogP contribution in [0.5, 0.6) is 0 Å². The molecule has 0 aliphatic carbocycles. The lowest BCUT2D eigenvalue weighted by Crippen LogP contribution is -1.87. The van der Waals surface area contributed by atoms with Gasteiger partial charge in [-0.1, -0.05) is 12.1 Å². The van der Waals surface area contributed by atoms with Gasteiger partial charge in [0.2, 0.25) is 5.89 Å². The molecular weight excluding hydrogens is 202 g/mol. The van der Waals surface area contributed by atoms with Gasteiger partial charge in [0.15, 0.2) is 5.58 Å². The molecule has 16 heavy (non-hydrogen) atoms. The molecule has 2 N–H and O–H groups in total. The van der Waals surface area contributed by atoms with Crippen molar-refractivity contribution in [1.29, 1.82) is 0 Å². The Morgan fingerprint density at radius 2 is 2.00 bits per heavy atom. The van der Waals surface area contributed by atoms with Gasteiger partial charge < -0.3 is 10.2 Å². The van der Waals surface area contributed by atoms with E-state index in [9.17, 15) is 0 Å². The average Bonchev–Trinajstić information content (AvgIpc) is 2.72. The van der Waals surface area contributed by atoms with Gasteiger partial charge in [-0.05, 0) is 18.2 Å². The Morgan fingerprint density at radius 3 is 2.81 bits per heavy atom. The third-order valence-corrected chi connectivity index (χ3v) is 2.30. The lowest BCUT2D eigenvalue weighted by atomic mass is 10.2. The van der Waals surface area contributed by atoms with Gasteiger partial charge in [0.25, 0.3) is 0 Å². The second kappa shape index (κ2) is 3.34. The van der Waals surface area contributed by atoms with Crippen molar-refractivity contribution in [2.24, 2.45) is 0 Å². The Hall–Kier alpha value is -2.36. The van der Waals surface area contributed by atoms with Crippen LogP contribution < -0.4 is 5.73 Å². The van der Waals surface area contributed by atoms with E-state index in [1.807, 2.05) is 24.3 Å². The molecule has 4 heteroatoms. The molecule has 0 amide bonds. The zero-order valence-corrected chi connectivity index (χ0v) is 8.42. The number of para-hydroxylation sites is 2. The van der Waals surface area contributed by atoms with Crippen LogP contribution in [-0.2, 0) is 0 Å². The molecule has 0 saturated heterocycles. The normalized spacial score (nSPS) is 10.8. The number of benzene rings is 1. The molecule has 0 aliphatic heterocycles. The quantitative estimate of drug-likeness (QED) is 0.671. The molecule has 3 aromatic rings. The summed E-state index contributed by atoms with van der Waals surface area (Å²) in [6.07, 6.45) is 3.27. The molecule has 0 radical (unpaired) electrons. The van der Waals surface area contributed by atoms with Crippen LogP contribution in [0.15, 0.2) is 47.1 Å². The van der Waals surface area contributed by atoms with Gasteiger partial charge in [0.05, 0.1) is 11.3 Å². The lowest BCUT2D eigenvalue weighted by molar-refractivity contribution is 0.619. The SMILES string of the molecule is Nc1cncc(-c2nc3ccccc3o2)c1. The molecule has 0 atom stereocenters. The van der Waals surface area contributed by atoms with Crippen LogP contribution in [0.4, 0.5) is 5.69 Å². The number of nitrogen functional groups attached to an aromatic ring is 1. The fraction of sp³-hybridized carbons (Fsp3) is 0. The van der Waals surface area contributed by atoms with E-state index in [1.54, 1.807) is 18.5 Å². The summed E-state index contributed by atoms with van der Waals surface area (Å²) in [6, 6.07) is 9.41. The second-order valence-electron chi connectivity index (χ2n) is 3.49. The number of hydrogen-bond donors (Lipinski definition) is 1. The summed E-state index contributed by atoms with van der Waals surface area (Å²) >= 11 is 0. The van der Waals surface area contributed by atoms with Crippen molar-refractivity contribution < 1.29 is 4.42 Å². The first-order valence-corrected chi connectivity index (χ1v) is 4.89. The number of aromatic nitrogens is 2. The minimum atomic E-state index is 0.543. The number of rotatable bonds is 1. The van der Waals surface area contributed by atoms with Gasteiger partial charge in [-0.25, -0.2) is 4.98 Å². The molecule has 2 aromatic heterocycles. The summed E-state index contributed by atoms with van der Waals surface area (Å²) in [5.41, 5.74) is 8.64. The number of pyridine rings is 1. The van der Waals surface area contributed by atoms with E-state index in [2.05, 4.69) is 9.97 Å². The van der Waals surface area contributed by atoms with Crippen molar-refractivity contribution in [1.82, 2.24) is 9.97 Å². The van der Waals surface area contributed by atoms with E-state index in [0.717, 1.165) is 16.7 Å². The van der Waals surface area contributed by atoms with Crippen LogP contribution in [0, 0.1) is 0 Å². The Bertz CT molecular complexity index is 612. The van der Waals surface area contributed by atoms with Crippen molar-refractivity contribution in [3.05, 3.63) is 42.7 Å². The van der Waals surface area contributed by atoms with E-state index in [-0.39, 0.29) is 0 Å². The number of nitrogens with two attached hydrogens (primary N) is 1. The van der Waals surface area contributed by atoms with Crippen molar-refractivity contribution in [2.45, 2.75) is 0 Å². The number of hydrogen-bond acceptors (Lipinski definition) is 4. The van der Waals surface area contributed by atoms with Crippen molar-refractivity contribution in [2.75, 3.05) is 5.73 Å². The highest BCUT2D eigenvalue weighted by molar-refractivity contribution is 5.76. The Kier molecular flexibility index (Phi) is 1.86. The number of oxazole rings is 1. The van der Waals surface area contributed by atoms with Gasteiger partial charge in [0, 0.05) is 12.4 Å². The lowest BCUT2D eigenvalue weighted by Gasteiger charge is -1.95. The molecular formula is C12H9N3O. The third-order valence-electron chi connectivity index (χ3n) is 2.30. The topological polar surface area (TPSA) is 64.9 Å². The van der Waals surface area contributed by atoms with Crippen LogP contribution in [0.25, 0.3) is 22.6 Å². The molecule has 4 nitrogen and oxygen atoms in total. The average molecular weight is 211 g/mol. The number of fused-ring (bicyclic) bond motifs is 1. The van der Waals surface area contributed by atoms with Crippen molar-refractivity contribution >= 4 is 16.8 Å². The van der Waals surface area contributed by atoms with Crippen LogP contribution in [-0.4, -0.2) is 9.97 Å². The van der Waals surface area contributed by atoms with Gasteiger partial charge in [-0.2, -0.15) is 0 Å². The van der Waals surface area contributed by atoms with Crippen LogP contribution >= 0.6 is 0 Å². The zero-order valence-electron chi connectivity index (χ0n) is 8.42. The number of nitrogens with zero attached hydrogens (tertiary/aromatic N) is 2. The van der Waals surface area contributed by atoms with Gasteiger partial charge in [0.1, 0.15) is 5.52 Å². The van der Waals surface area contributed by atoms with Crippen molar-refractivity contribution in [3.8, 4) is 11.5 Å². The molecule has 1 aromatic carbocycles. The van der Waals surface area contributed by atoms with Gasteiger partial charge >= 0.3 is 0 Å². The summed E-state index contributed by atoms with van der Waals surface area (Å²) in [5.74, 6) is 0.543. The second-order valence-corrected chi connectivity index (χ2v) is 3.49. The Balaban J connectivity index is 2.19. The summed E-state index contributed by atoms with van der Waals surface area (Å²) in [6.45, 7) is 0. The maximum atomic E-state index is 5.66. The number of anilines is 1. The van der Waals surface area contributed by atoms with Gasteiger partial charge in [-0.3, -0.25) is 4.98 Å². The predicted molar refractivity (Wildman–Crippen MR) is 61.7 cm³/mol. The highest BCUT2D eigenvalue weighted by Crippen LogP contribution is 2.24. The largest absolute Gasteiger partial charge is 0.436 e. The summed E-state index contributed by atoms with van der Waals surface area (Å²) < 4.78 is 5.60. The minimum Gasteiger partial charge on any atom is -0.436 e. The monoisotopic (exact) mass is 211 g/mol. The first-order chi connectivity index (χ1) is 7.83.